The molecule has 1 aliphatic carbocycles. The molecule has 3 aromatic rings. The van der Waals surface area contributed by atoms with Crippen molar-refractivity contribution < 1.29 is 4.79 Å². The van der Waals surface area contributed by atoms with Crippen LogP contribution >= 0.6 is 0 Å². The van der Waals surface area contributed by atoms with Crippen molar-refractivity contribution in [2.24, 2.45) is 5.73 Å². The largest absolute Gasteiger partial charge is 0.366 e. The summed E-state index contributed by atoms with van der Waals surface area (Å²) in [6.45, 7) is 4.55. The fraction of sp³-hybridized carbons (Fsp3) is 0.500. The van der Waals surface area contributed by atoms with Crippen LogP contribution in [0.5, 0.6) is 0 Å². The maximum absolute atomic E-state index is 12.1. The first-order valence-corrected chi connectivity index (χ1v) is 12.6. The van der Waals surface area contributed by atoms with E-state index in [0.717, 1.165) is 81.0 Å². The minimum Gasteiger partial charge on any atom is -0.366 e. The van der Waals surface area contributed by atoms with Crippen LogP contribution in [0, 0.1) is 6.92 Å². The van der Waals surface area contributed by atoms with Crippen LogP contribution in [0.25, 0.3) is 5.65 Å². The van der Waals surface area contributed by atoms with Crippen molar-refractivity contribution in [3.63, 3.8) is 0 Å². The van der Waals surface area contributed by atoms with E-state index in [1.54, 1.807) is 6.20 Å². The van der Waals surface area contributed by atoms with E-state index in [4.69, 9.17) is 10.8 Å². The molecule has 3 N–H and O–H groups in total. The topological polar surface area (TPSA) is 91.8 Å². The molecular formula is C26H35N7O. The molecule has 2 aliphatic rings. The lowest BCUT2D eigenvalue weighted by Crippen LogP contribution is -2.33. The summed E-state index contributed by atoms with van der Waals surface area (Å²) in [5.74, 6) is 1.13. The average Bonchev–Trinajstić information content (AvgIpc) is 3.47. The predicted molar refractivity (Wildman–Crippen MR) is 135 cm³/mol. The van der Waals surface area contributed by atoms with Crippen LogP contribution in [0.2, 0.25) is 0 Å². The maximum atomic E-state index is 12.1. The second kappa shape index (κ2) is 10.0. The second-order valence-electron chi connectivity index (χ2n) is 9.69. The molecular weight excluding hydrogens is 426 g/mol. The van der Waals surface area contributed by atoms with Gasteiger partial charge in [0.25, 0.3) is 0 Å². The Morgan fingerprint density at radius 3 is 2.71 bits per heavy atom. The minimum absolute atomic E-state index is 0.278. The summed E-state index contributed by atoms with van der Waals surface area (Å²) in [7, 11) is 0. The number of rotatable bonds is 8. The van der Waals surface area contributed by atoms with Gasteiger partial charge in [-0.1, -0.05) is 17.7 Å². The lowest BCUT2D eigenvalue weighted by atomic mass is 9.92. The summed E-state index contributed by atoms with van der Waals surface area (Å²) in [5, 5.41) is 8.44. The van der Waals surface area contributed by atoms with Gasteiger partial charge >= 0.3 is 0 Å². The van der Waals surface area contributed by atoms with Crippen LogP contribution in [-0.2, 0) is 4.79 Å². The molecule has 8 nitrogen and oxygen atoms in total. The smallest absolute Gasteiger partial charge is 0.222 e. The summed E-state index contributed by atoms with van der Waals surface area (Å²) in [5.41, 5.74) is 10.3. The highest BCUT2D eigenvalue weighted by Crippen LogP contribution is 2.32. The van der Waals surface area contributed by atoms with Gasteiger partial charge in [-0.2, -0.15) is 0 Å². The molecule has 1 saturated carbocycles. The predicted octanol–water partition coefficient (Wildman–Crippen LogP) is 3.87. The third-order valence-electron chi connectivity index (χ3n) is 7.08. The van der Waals surface area contributed by atoms with Crippen molar-refractivity contribution in [2.45, 2.75) is 64.0 Å². The third-order valence-corrected chi connectivity index (χ3v) is 7.08. The molecule has 1 amide bonds. The number of likely N-dealkylation sites (tertiary alicyclic amines) is 1. The summed E-state index contributed by atoms with van der Waals surface area (Å²) in [6.07, 6.45) is 10.4. The number of nitrogens with one attached hydrogen (secondary N) is 1. The molecule has 0 spiro atoms. The van der Waals surface area contributed by atoms with Gasteiger partial charge in [0.05, 0.1) is 5.69 Å². The Bertz CT molecular complexity index is 1120. The number of aromatic nitrogens is 3. The Balaban J connectivity index is 1.43. The van der Waals surface area contributed by atoms with Gasteiger partial charge in [-0.3, -0.25) is 4.79 Å². The number of benzene rings is 1. The zero-order chi connectivity index (χ0) is 23.5. The molecule has 1 aromatic carbocycles. The molecule has 3 heterocycles. The maximum Gasteiger partial charge on any atom is 0.222 e. The number of imidazole rings is 1. The van der Waals surface area contributed by atoms with Crippen LogP contribution in [0.1, 0.15) is 50.5 Å². The number of aryl methyl sites for hydroxylation is 1. The number of carbonyl (C=O) groups excluding carboxylic acids is 1. The lowest BCUT2D eigenvalue weighted by molar-refractivity contribution is -0.127. The van der Waals surface area contributed by atoms with Crippen molar-refractivity contribution in [1.29, 1.82) is 0 Å². The molecule has 180 valence electrons. The number of hydrogen-bond donors (Lipinski definition) is 2. The van der Waals surface area contributed by atoms with Gasteiger partial charge < -0.3 is 20.9 Å². The number of hydrogen-bond acceptors (Lipinski definition) is 6. The lowest BCUT2D eigenvalue weighted by Gasteiger charge is -2.29. The monoisotopic (exact) mass is 461 g/mol. The Morgan fingerprint density at radius 2 is 1.97 bits per heavy atom. The molecule has 0 radical (unpaired) electrons. The first kappa shape index (κ1) is 22.7. The van der Waals surface area contributed by atoms with Gasteiger partial charge in [-0.15, -0.1) is 5.10 Å². The molecule has 0 unspecified atom stereocenters. The Kier molecular flexibility index (Phi) is 6.67. The highest BCUT2D eigenvalue weighted by atomic mass is 16.2. The number of nitrogens with zero attached hydrogens (tertiary/aromatic N) is 5. The van der Waals surface area contributed by atoms with Crippen LogP contribution in [0.15, 0.2) is 42.7 Å². The Hall–Kier alpha value is -3.13. The van der Waals surface area contributed by atoms with E-state index < -0.39 is 0 Å². The highest BCUT2D eigenvalue weighted by molar-refractivity contribution is 5.79. The van der Waals surface area contributed by atoms with Crippen LogP contribution in [-0.4, -0.2) is 57.1 Å². The molecule has 2 aromatic heterocycles. The molecule has 0 bridgehead atoms. The van der Waals surface area contributed by atoms with Gasteiger partial charge in [0.2, 0.25) is 5.91 Å². The number of amides is 1. The minimum atomic E-state index is 0.278. The quantitative estimate of drug-likeness (QED) is 0.529. The third kappa shape index (κ3) is 5.01. The van der Waals surface area contributed by atoms with Crippen LogP contribution in [0.4, 0.5) is 17.2 Å². The molecule has 0 atom stereocenters. The van der Waals surface area contributed by atoms with E-state index in [-0.39, 0.29) is 5.91 Å². The van der Waals surface area contributed by atoms with Crippen molar-refractivity contribution in [3.8, 4) is 0 Å². The van der Waals surface area contributed by atoms with Crippen LogP contribution in [0.3, 0.4) is 0 Å². The van der Waals surface area contributed by atoms with Crippen LogP contribution < -0.4 is 16.0 Å². The first-order valence-electron chi connectivity index (χ1n) is 12.6. The first-order chi connectivity index (χ1) is 16.6. The Labute approximate surface area is 201 Å². The van der Waals surface area contributed by atoms with E-state index in [0.29, 0.717) is 18.5 Å². The summed E-state index contributed by atoms with van der Waals surface area (Å²) in [4.78, 5) is 21.0. The average molecular weight is 462 g/mol. The Morgan fingerprint density at radius 1 is 1.18 bits per heavy atom. The van der Waals surface area contributed by atoms with Crippen molar-refractivity contribution in [2.75, 3.05) is 29.9 Å². The van der Waals surface area contributed by atoms with Gasteiger partial charge in [0.1, 0.15) is 5.82 Å². The van der Waals surface area contributed by atoms with Crippen molar-refractivity contribution in [1.82, 2.24) is 19.5 Å². The van der Waals surface area contributed by atoms with Crippen molar-refractivity contribution >= 4 is 28.7 Å². The van der Waals surface area contributed by atoms with Crippen molar-refractivity contribution in [3.05, 3.63) is 48.3 Å². The molecule has 2 fully saturated rings. The number of carbonyl (C=O) groups is 1. The second-order valence-corrected chi connectivity index (χ2v) is 9.69. The summed E-state index contributed by atoms with van der Waals surface area (Å²) >= 11 is 0. The molecule has 34 heavy (non-hydrogen) atoms. The fourth-order valence-electron chi connectivity index (χ4n) is 5.12. The normalized spacial score (nSPS) is 20.8. The zero-order valence-electron chi connectivity index (χ0n) is 20.0. The van der Waals surface area contributed by atoms with Gasteiger partial charge in [-0.05, 0) is 57.6 Å². The van der Waals surface area contributed by atoms with Gasteiger partial charge in [0, 0.05) is 62.3 Å². The zero-order valence-corrected chi connectivity index (χ0v) is 20.0. The van der Waals surface area contributed by atoms with Gasteiger partial charge in [-0.25, -0.2) is 9.50 Å². The molecule has 1 saturated heterocycles. The standard InChI is InChI=1S/C26H35N7O/c1-19-5-11-22(12-6-19)32(16-3-15-31-14-2-4-25(31)34)23-18-24(30-33-17-13-28-26(23)33)29-21-9-7-20(27)8-10-21/h5-6,11-13,17-18,20-21H,2-4,7-10,14-16,27H2,1H3,(H,29,30). The number of fused-ring (bicyclic) bond motifs is 1. The number of anilines is 3. The van der Waals surface area contributed by atoms with E-state index in [2.05, 4.69) is 52.5 Å². The highest BCUT2D eigenvalue weighted by Gasteiger charge is 2.23. The van der Waals surface area contributed by atoms with E-state index >= 15 is 0 Å². The summed E-state index contributed by atoms with van der Waals surface area (Å²) in [6, 6.07) is 11.4. The SMILES string of the molecule is Cc1ccc(N(CCCN2CCCC2=O)c2cc(NC3CCC(N)CC3)nn3ccnc23)cc1. The molecule has 5 rings (SSSR count). The van der Waals surface area contributed by atoms with E-state index in [9.17, 15) is 4.79 Å². The van der Waals surface area contributed by atoms with Gasteiger partial charge in [0.15, 0.2) is 5.65 Å². The van der Waals surface area contributed by atoms with E-state index in [1.807, 2.05) is 15.6 Å². The van der Waals surface area contributed by atoms with E-state index in [1.165, 1.54) is 5.56 Å². The molecule has 1 aliphatic heterocycles. The number of nitrogens with two attached hydrogens (primary N) is 1. The fourth-order valence-corrected chi connectivity index (χ4v) is 5.12. The molecule has 8 heteroatoms. The summed E-state index contributed by atoms with van der Waals surface area (Å²) < 4.78 is 1.86.